The van der Waals surface area contributed by atoms with E-state index in [-0.39, 0.29) is 42.1 Å². The van der Waals surface area contributed by atoms with E-state index < -0.39 is 46.8 Å². The third kappa shape index (κ3) is 7.56. The van der Waals surface area contributed by atoms with E-state index in [1.807, 2.05) is 54.6 Å². The Morgan fingerprint density at radius 1 is 0.815 bits per heavy atom. The topological polar surface area (TPSA) is 71.0 Å². The smallest absolute Gasteiger partial charge is 0.257 e. The zero-order valence-electron chi connectivity index (χ0n) is 30.8. The summed E-state index contributed by atoms with van der Waals surface area (Å²) < 4.78 is 83.0. The normalized spacial score (nSPS) is 26.5. The van der Waals surface area contributed by atoms with Crippen LogP contribution in [0.15, 0.2) is 72.8 Å². The molecule has 1 aliphatic carbocycles. The molecule has 3 aliphatic rings. The highest BCUT2D eigenvalue weighted by atomic mass is 19.2. The number of aliphatic hydroxyl groups excluding tert-OH is 1. The molecular formula is C43H45F5N2O4. The van der Waals surface area contributed by atoms with Crippen molar-refractivity contribution in [3.05, 3.63) is 130 Å². The lowest BCUT2D eigenvalue weighted by atomic mass is 9.65. The minimum atomic E-state index is -2.33. The molecule has 7 rings (SSSR count). The second-order valence-electron chi connectivity index (χ2n) is 16.4. The first-order chi connectivity index (χ1) is 25.6. The van der Waals surface area contributed by atoms with Crippen LogP contribution in [0.2, 0.25) is 0 Å². The molecule has 0 aromatic heterocycles. The molecular weight excluding hydrogens is 703 g/mol. The quantitative estimate of drug-likeness (QED) is 0.102. The number of fused-ring (bicyclic) bond motifs is 2. The maximum atomic E-state index is 14.2. The van der Waals surface area contributed by atoms with Crippen molar-refractivity contribution in [1.29, 1.82) is 0 Å². The Bertz CT molecular complexity index is 2010. The molecule has 0 radical (unpaired) electrons. The van der Waals surface area contributed by atoms with E-state index >= 15 is 0 Å². The van der Waals surface area contributed by atoms with E-state index in [4.69, 9.17) is 9.47 Å². The maximum Gasteiger partial charge on any atom is 0.257 e. The number of ether oxygens (including phenoxy) is 2. The molecule has 2 bridgehead atoms. The van der Waals surface area contributed by atoms with E-state index in [9.17, 15) is 31.9 Å². The predicted octanol–water partition coefficient (Wildman–Crippen LogP) is 9.16. The number of carbonyl (C=O) groups excluding carboxylic acids is 1. The number of halogens is 5. The van der Waals surface area contributed by atoms with Crippen LogP contribution in [0.1, 0.15) is 92.0 Å². The number of hydrogen-bond acceptors (Lipinski definition) is 5. The van der Waals surface area contributed by atoms with Crippen molar-refractivity contribution in [2.24, 2.45) is 16.7 Å². The highest BCUT2D eigenvalue weighted by Crippen LogP contribution is 2.53. The molecule has 6 atom stereocenters. The van der Waals surface area contributed by atoms with Crippen molar-refractivity contribution in [2.45, 2.75) is 84.6 Å². The summed E-state index contributed by atoms with van der Waals surface area (Å²) in [6.07, 6.45) is 2.44. The maximum absolute atomic E-state index is 14.2. The number of aliphatic hydroxyl groups is 1. The number of carbonyl (C=O) groups is 1. The predicted molar refractivity (Wildman–Crippen MR) is 193 cm³/mol. The van der Waals surface area contributed by atoms with Gasteiger partial charge in [0.25, 0.3) is 5.91 Å². The fourth-order valence-electron chi connectivity index (χ4n) is 9.15. The lowest BCUT2D eigenvalue weighted by molar-refractivity contribution is -0.276. The summed E-state index contributed by atoms with van der Waals surface area (Å²) in [5.41, 5.74) is 3.76. The van der Waals surface area contributed by atoms with Crippen molar-refractivity contribution in [1.82, 2.24) is 10.2 Å². The first-order valence-corrected chi connectivity index (χ1v) is 18.4. The van der Waals surface area contributed by atoms with E-state index in [0.717, 1.165) is 47.3 Å². The molecule has 2 saturated heterocycles. The molecule has 4 aromatic carbocycles. The minimum absolute atomic E-state index is 0.0300. The Hall–Kier alpha value is -4.16. The Morgan fingerprint density at radius 2 is 1.46 bits per heavy atom. The summed E-state index contributed by atoms with van der Waals surface area (Å²) in [6, 6.07) is 23.1. The monoisotopic (exact) mass is 748 g/mol. The third-order valence-electron chi connectivity index (χ3n) is 11.4. The Kier molecular flexibility index (Phi) is 10.5. The van der Waals surface area contributed by atoms with Crippen molar-refractivity contribution in [3.63, 3.8) is 0 Å². The van der Waals surface area contributed by atoms with Crippen LogP contribution < -0.4 is 5.32 Å². The molecule has 54 heavy (non-hydrogen) atoms. The average Bonchev–Trinajstić information content (AvgIpc) is 3.40. The molecule has 0 spiro atoms. The number of likely N-dealkylation sites (tertiary alicyclic amines) is 1. The number of rotatable bonds is 9. The van der Waals surface area contributed by atoms with E-state index in [0.29, 0.717) is 11.6 Å². The summed E-state index contributed by atoms with van der Waals surface area (Å²) in [5, 5.41) is 11.9. The summed E-state index contributed by atoms with van der Waals surface area (Å²) in [7, 11) is 0. The molecule has 11 heteroatoms. The zero-order valence-corrected chi connectivity index (χ0v) is 30.8. The second-order valence-corrected chi connectivity index (χ2v) is 16.4. The van der Waals surface area contributed by atoms with Gasteiger partial charge in [0.05, 0.1) is 18.8 Å². The Morgan fingerprint density at radius 3 is 2.15 bits per heavy atom. The van der Waals surface area contributed by atoms with Crippen molar-refractivity contribution >= 4 is 5.91 Å². The SMILES string of the molecule is C[C@@H]1[C@H](CN2CC3(C)CC2CC(C)(C)C3)O[C@H](c2cccc(-c3cccc(CNC(=O)c4c(F)c(F)c(F)c(F)c4F)c3)c2)O[C@@H]1c1ccc(CO)cc1. The van der Waals surface area contributed by atoms with Gasteiger partial charge in [0.15, 0.2) is 29.6 Å². The molecule has 1 saturated carbocycles. The molecule has 2 aliphatic heterocycles. The highest BCUT2D eigenvalue weighted by molar-refractivity contribution is 5.94. The number of nitrogens with zero attached hydrogens (tertiary/aromatic N) is 1. The van der Waals surface area contributed by atoms with Gasteiger partial charge in [-0.25, -0.2) is 22.0 Å². The van der Waals surface area contributed by atoms with Crippen LogP contribution in [0.25, 0.3) is 11.1 Å². The van der Waals surface area contributed by atoms with Crippen LogP contribution in [0.5, 0.6) is 0 Å². The number of hydrogen-bond donors (Lipinski definition) is 2. The number of amides is 1. The van der Waals surface area contributed by atoms with Gasteiger partial charge >= 0.3 is 0 Å². The van der Waals surface area contributed by atoms with Gasteiger partial charge in [0.1, 0.15) is 5.56 Å². The van der Waals surface area contributed by atoms with Crippen molar-refractivity contribution in [3.8, 4) is 11.1 Å². The summed E-state index contributed by atoms with van der Waals surface area (Å²) in [6.45, 7) is 10.9. The van der Waals surface area contributed by atoms with Crippen molar-refractivity contribution < 1.29 is 41.3 Å². The molecule has 1 amide bonds. The largest absolute Gasteiger partial charge is 0.392 e. The standard InChI is InChI=1S/C43H45F5N2O4/c1-24-32(20-50-23-43(4)18-31(50)17-42(2,3)22-43)53-41(54-39(24)27-13-11-25(21-51)12-14-27)30-10-6-9-29(16-30)28-8-5-7-26(15-28)19-49-40(52)33-34(44)36(46)38(48)37(47)35(33)45/h5-16,24,31-32,39,41,51H,17-23H2,1-4H3,(H,49,52)/t24-,31?,32+,39+,41+,43?/m1/s1. The lowest BCUT2D eigenvalue weighted by Crippen LogP contribution is -2.46. The van der Waals surface area contributed by atoms with E-state index in [2.05, 4.69) is 37.9 Å². The number of benzene rings is 4. The fourth-order valence-corrected chi connectivity index (χ4v) is 9.15. The molecule has 2 N–H and O–H groups in total. The molecule has 6 nitrogen and oxygen atoms in total. The van der Waals surface area contributed by atoms with Crippen LogP contribution in [0.4, 0.5) is 22.0 Å². The molecule has 3 fully saturated rings. The molecule has 4 aromatic rings. The van der Waals surface area contributed by atoms with Gasteiger partial charge in [-0.1, -0.05) is 88.4 Å². The first kappa shape index (κ1) is 38.1. The molecule has 286 valence electrons. The van der Waals surface area contributed by atoms with Gasteiger partial charge in [-0.05, 0) is 70.0 Å². The van der Waals surface area contributed by atoms with Gasteiger partial charge in [-0.2, -0.15) is 0 Å². The van der Waals surface area contributed by atoms with E-state index in [1.165, 1.54) is 12.8 Å². The van der Waals surface area contributed by atoms with Gasteiger partial charge in [-0.15, -0.1) is 0 Å². The van der Waals surface area contributed by atoms with E-state index in [1.54, 1.807) is 18.2 Å². The second kappa shape index (κ2) is 14.8. The minimum Gasteiger partial charge on any atom is -0.392 e. The number of nitrogens with one attached hydrogen (secondary N) is 1. The van der Waals surface area contributed by atoms with Crippen molar-refractivity contribution in [2.75, 3.05) is 13.1 Å². The van der Waals surface area contributed by atoms with Crippen LogP contribution >= 0.6 is 0 Å². The van der Waals surface area contributed by atoms with Gasteiger partial charge in [0, 0.05) is 37.2 Å². The van der Waals surface area contributed by atoms with Crippen LogP contribution in [-0.2, 0) is 22.6 Å². The van der Waals surface area contributed by atoms with Gasteiger partial charge in [-0.3, -0.25) is 9.69 Å². The van der Waals surface area contributed by atoms with Crippen LogP contribution in [0, 0.1) is 45.8 Å². The Labute approximate surface area is 312 Å². The van der Waals surface area contributed by atoms with Crippen LogP contribution in [-0.4, -0.2) is 41.1 Å². The summed E-state index contributed by atoms with van der Waals surface area (Å²) in [5.74, 6) is -12.5. The summed E-state index contributed by atoms with van der Waals surface area (Å²) in [4.78, 5) is 15.2. The molecule has 2 unspecified atom stereocenters. The van der Waals surface area contributed by atoms with Gasteiger partial charge in [0.2, 0.25) is 5.82 Å². The lowest BCUT2D eigenvalue weighted by Gasteiger charge is -2.43. The fraction of sp³-hybridized carbons (Fsp3) is 0.419. The Balaban J connectivity index is 1.12. The summed E-state index contributed by atoms with van der Waals surface area (Å²) >= 11 is 0. The highest BCUT2D eigenvalue weighted by Gasteiger charge is 2.51. The van der Waals surface area contributed by atoms with Crippen LogP contribution in [0.3, 0.4) is 0 Å². The third-order valence-corrected chi connectivity index (χ3v) is 11.4. The zero-order chi connectivity index (χ0) is 38.5. The molecule has 2 heterocycles. The first-order valence-electron chi connectivity index (χ1n) is 18.4. The average molecular weight is 749 g/mol. The van der Waals surface area contributed by atoms with Gasteiger partial charge < -0.3 is 19.9 Å².